The first-order valence-corrected chi connectivity index (χ1v) is 29.2. The Morgan fingerprint density at radius 2 is 0.803 bits per heavy atom. The van der Waals surface area contributed by atoms with Crippen molar-refractivity contribution in [3.63, 3.8) is 0 Å². The predicted molar refractivity (Wildman–Crippen MR) is 300 cm³/mol. The van der Waals surface area contributed by atoms with Crippen LogP contribution in [0.3, 0.4) is 0 Å². The average molecular weight is 1010 g/mol. The molecule has 0 N–H and O–H groups in total. The van der Waals surface area contributed by atoms with E-state index in [9.17, 15) is 19.0 Å². The van der Waals surface area contributed by atoms with E-state index in [-0.39, 0.29) is 26.1 Å². The molecular formula is C61H102NO8P. The van der Waals surface area contributed by atoms with Gasteiger partial charge in [0, 0.05) is 12.8 Å². The number of carbonyl (C=O) groups is 2. The Bertz CT molecular complexity index is 1610. The van der Waals surface area contributed by atoms with E-state index in [2.05, 4.69) is 135 Å². The molecule has 0 aromatic rings. The third kappa shape index (κ3) is 55.6. The quantitative estimate of drug-likeness (QED) is 0.0195. The zero-order chi connectivity index (χ0) is 52.0. The number of hydrogen-bond acceptors (Lipinski definition) is 8. The second kappa shape index (κ2) is 51.3. The molecule has 9 nitrogen and oxygen atoms in total. The van der Waals surface area contributed by atoms with Crippen LogP contribution in [0.5, 0.6) is 0 Å². The molecule has 0 aliphatic rings. The molecule has 0 aliphatic heterocycles. The molecule has 0 fully saturated rings. The number of allylic oxidation sites excluding steroid dienone is 20. The normalized spacial score (nSPS) is 14.3. The number of nitrogens with zero attached hydrogens (tertiary/aromatic N) is 1. The largest absolute Gasteiger partial charge is 0.756 e. The highest BCUT2D eigenvalue weighted by atomic mass is 31.2. The summed E-state index contributed by atoms with van der Waals surface area (Å²) in [6, 6.07) is 0. The highest BCUT2D eigenvalue weighted by Gasteiger charge is 2.21. The fourth-order valence-electron chi connectivity index (χ4n) is 6.92. The lowest BCUT2D eigenvalue weighted by molar-refractivity contribution is -0.870. The molecule has 2 atom stereocenters. The lowest BCUT2D eigenvalue weighted by atomic mass is 10.1. The molecule has 10 heteroatoms. The molecule has 0 spiro atoms. The van der Waals surface area contributed by atoms with Crippen LogP contribution in [0.1, 0.15) is 200 Å². The van der Waals surface area contributed by atoms with Crippen molar-refractivity contribution in [1.82, 2.24) is 0 Å². The lowest BCUT2D eigenvalue weighted by Gasteiger charge is -2.28. The van der Waals surface area contributed by atoms with Gasteiger partial charge < -0.3 is 27.9 Å². The highest BCUT2D eigenvalue weighted by molar-refractivity contribution is 7.45. The Morgan fingerprint density at radius 1 is 0.451 bits per heavy atom. The number of ether oxygens (including phenoxy) is 2. The van der Waals surface area contributed by atoms with Crippen LogP contribution < -0.4 is 4.89 Å². The lowest BCUT2D eigenvalue weighted by Crippen LogP contribution is -2.37. The van der Waals surface area contributed by atoms with Gasteiger partial charge in [0.05, 0.1) is 27.7 Å². The minimum atomic E-state index is -4.65. The molecule has 0 heterocycles. The van der Waals surface area contributed by atoms with Crippen LogP contribution in [0.4, 0.5) is 0 Å². The van der Waals surface area contributed by atoms with Crippen LogP contribution >= 0.6 is 7.82 Å². The smallest absolute Gasteiger partial charge is 0.306 e. The van der Waals surface area contributed by atoms with Crippen LogP contribution in [-0.4, -0.2) is 70.0 Å². The Morgan fingerprint density at radius 3 is 1.20 bits per heavy atom. The molecule has 0 rings (SSSR count). The number of rotatable bonds is 49. The van der Waals surface area contributed by atoms with E-state index in [1.165, 1.54) is 38.5 Å². The van der Waals surface area contributed by atoms with Crippen molar-refractivity contribution in [2.75, 3.05) is 47.5 Å². The summed E-state index contributed by atoms with van der Waals surface area (Å²) in [5.74, 6) is -0.869. The number of likely N-dealkylation sites (N-methyl/N-ethyl adjacent to an activating group) is 1. The van der Waals surface area contributed by atoms with Crippen molar-refractivity contribution in [2.45, 2.75) is 206 Å². The van der Waals surface area contributed by atoms with E-state index in [4.69, 9.17) is 18.5 Å². The number of phosphoric acid groups is 1. The maximum absolute atomic E-state index is 12.8. The summed E-state index contributed by atoms with van der Waals surface area (Å²) in [5, 5.41) is 0. The monoisotopic (exact) mass is 1010 g/mol. The second-order valence-corrected chi connectivity index (χ2v) is 20.6. The van der Waals surface area contributed by atoms with E-state index in [0.717, 1.165) is 122 Å². The standard InChI is InChI=1S/C61H102NO8P/c1-6-8-10-12-14-16-18-20-22-23-24-25-26-27-28-29-30-31-32-33-34-35-36-37-38-39-40-42-44-46-48-50-52-54-61(64)70-59(58-69-71(65,66)68-56-55-62(3,4)5)57-67-60(63)53-51-49-47-45-43-41-21-19-17-15-13-11-9-7-2/h8,10,13-16,19-22,24-25,27-28,30-31,33-34,36-37,59H,6-7,9,11-12,17-18,23,26,29,32,35,38-58H2,1-5H3/b10-8-,15-13-,16-14-,21-19-,22-20-,25-24-,28-27-,31-30-,34-33-,37-36-. The van der Waals surface area contributed by atoms with Crippen molar-refractivity contribution < 1.29 is 42.1 Å². The van der Waals surface area contributed by atoms with Gasteiger partial charge in [-0.3, -0.25) is 14.2 Å². The third-order valence-corrected chi connectivity index (χ3v) is 12.2. The van der Waals surface area contributed by atoms with Gasteiger partial charge in [-0.05, 0) is 103 Å². The summed E-state index contributed by atoms with van der Waals surface area (Å²) in [4.78, 5) is 37.7. The van der Waals surface area contributed by atoms with Gasteiger partial charge in [0.2, 0.25) is 0 Å². The topological polar surface area (TPSA) is 111 Å². The van der Waals surface area contributed by atoms with Gasteiger partial charge in [0.25, 0.3) is 7.82 Å². The molecule has 404 valence electrons. The summed E-state index contributed by atoms with van der Waals surface area (Å²) in [5.41, 5.74) is 0. The molecule has 0 aliphatic carbocycles. The van der Waals surface area contributed by atoms with E-state index in [1.807, 2.05) is 21.1 Å². The third-order valence-electron chi connectivity index (χ3n) is 11.2. The molecule has 0 aromatic carbocycles. The number of hydrogen-bond donors (Lipinski definition) is 0. The SMILES string of the molecule is CC/C=C\C/C=C\C/C=C\C/C=C\C/C=C\C/C=C\C/C=C\C/C=C\CCCCCCCCCCC(=O)OC(COC(=O)CCCCCCC/C=C\C/C=C\CCCC)COP(=O)([O-])OCC[N+](C)(C)C. The van der Waals surface area contributed by atoms with Crippen molar-refractivity contribution >= 4 is 19.8 Å². The molecule has 0 amide bonds. The summed E-state index contributed by atoms with van der Waals surface area (Å²) in [7, 11) is 1.13. The molecule has 0 saturated carbocycles. The van der Waals surface area contributed by atoms with Crippen LogP contribution in [0.2, 0.25) is 0 Å². The van der Waals surface area contributed by atoms with Crippen molar-refractivity contribution in [2.24, 2.45) is 0 Å². The number of quaternary nitrogens is 1. The summed E-state index contributed by atoms with van der Waals surface area (Å²) < 4.78 is 34.0. The van der Waals surface area contributed by atoms with Crippen molar-refractivity contribution in [1.29, 1.82) is 0 Å². The van der Waals surface area contributed by atoms with Crippen molar-refractivity contribution in [3.8, 4) is 0 Å². The molecule has 0 radical (unpaired) electrons. The number of esters is 2. The van der Waals surface area contributed by atoms with Gasteiger partial charge in [-0.25, -0.2) is 0 Å². The Kier molecular flexibility index (Phi) is 48.7. The van der Waals surface area contributed by atoms with Gasteiger partial charge in [0.1, 0.15) is 19.8 Å². The fourth-order valence-corrected chi connectivity index (χ4v) is 7.65. The maximum Gasteiger partial charge on any atom is 0.306 e. The van der Waals surface area contributed by atoms with Crippen molar-refractivity contribution in [3.05, 3.63) is 122 Å². The first-order chi connectivity index (χ1) is 34.5. The molecule has 0 aromatic heterocycles. The summed E-state index contributed by atoms with van der Waals surface area (Å²) >= 11 is 0. The molecule has 0 saturated heterocycles. The first kappa shape index (κ1) is 67.4. The zero-order valence-corrected chi connectivity index (χ0v) is 46.5. The van der Waals surface area contributed by atoms with E-state index in [1.54, 1.807) is 0 Å². The van der Waals surface area contributed by atoms with Gasteiger partial charge in [-0.1, -0.05) is 206 Å². The second-order valence-electron chi connectivity index (χ2n) is 19.2. The number of unbranched alkanes of at least 4 members (excludes halogenated alkanes) is 15. The zero-order valence-electron chi connectivity index (χ0n) is 45.6. The van der Waals surface area contributed by atoms with Gasteiger partial charge in [-0.15, -0.1) is 0 Å². The van der Waals surface area contributed by atoms with E-state index >= 15 is 0 Å². The predicted octanol–water partition coefficient (Wildman–Crippen LogP) is 16.6. The molecule has 0 bridgehead atoms. The van der Waals surface area contributed by atoms with Crippen LogP contribution in [0.25, 0.3) is 0 Å². The number of phosphoric ester groups is 1. The minimum Gasteiger partial charge on any atom is -0.756 e. The molecular weight excluding hydrogens is 906 g/mol. The fraction of sp³-hybridized carbons (Fsp3) is 0.639. The first-order valence-electron chi connectivity index (χ1n) is 27.7. The number of carbonyl (C=O) groups excluding carboxylic acids is 2. The maximum atomic E-state index is 12.8. The van der Waals surface area contributed by atoms with Crippen LogP contribution in [0, 0.1) is 0 Å². The Labute approximate surface area is 435 Å². The minimum absolute atomic E-state index is 0.0414. The van der Waals surface area contributed by atoms with Crippen LogP contribution in [0.15, 0.2) is 122 Å². The summed E-state index contributed by atoms with van der Waals surface area (Å²) in [6.45, 7) is 4.03. The Balaban J connectivity index is 4.20. The molecule has 2 unspecified atom stereocenters. The van der Waals surface area contributed by atoms with Crippen LogP contribution in [-0.2, 0) is 32.7 Å². The highest BCUT2D eigenvalue weighted by Crippen LogP contribution is 2.38. The van der Waals surface area contributed by atoms with E-state index in [0.29, 0.717) is 23.9 Å². The molecule has 71 heavy (non-hydrogen) atoms. The average Bonchev–Trinajstić information content (AvgIpc) is 3.33. The summed E-state index contributed by atoms with van der Waals surface area (Å²) in [6.07, 6.45) is 72.4. The van der Waals surface area contributed by atoms with Gasteiger partial charge in [-0.2, -0.15) is 0 Å². The van der Waals surface area contributed by atoms with E-state index < -0.39 is 32.5 Å². The Hall–Kier alpha value is -3.59. The van der Waals surface area contributed by atoms with Gasteiger partial charge >= 0.3 is 11.9 Å². The van der Waals surface area contributed by atoms with Gasteiger partial charge in [0.15, 0.2) is 6.10 Å².